The number of halogens is 1. The number of carbonyl (C=O) groups is 2. The molecule has 1 aromatic rings. The predicted molar refractivity (Wildman–Crippen MR) is 88.8 cm³/mol. The van der Waals surface area contributed by atoms with Crippen LogP contribution in [0.15, 0.2) is 24.3 Å². The Morgan fingerprint density at radius 1 is 1.30 bits per heavy atom. The molecule has 0 radical (unpaired) electrons. The monoisotopic (exact) mass is 340 g/mol. The molecule has 0 saturated carbocycles. The summed E-state index contributed by atoms with van der Waals surface area (Å²) >= 11 is 5.83. The minimum Gasteiger partial charge on any atom is -0.450 e. The van der Waals surface area contributed by atoms with Crippen LogP contribution >= 0.6 is 11.6 Å². The van der Waals surface area contributed by atoms with Gasteiger partial charge in [-0.2, -0.15) is 0 Å². The zero-order valence-corrected chi connectivity index (χ0v) is 14.2. The van der Waals surface area contributed by atoms with E-state index in [2.05, 4.69) is 5.32 Å². The summed E-state index contributed by atoms with van der Waals surface area (Å²) in [5, 5.41) is 3.53. The topological polar surface area (TPSA) is 63.1 Å². The van der Waals surface area contributed by atoms with E-state index >= 15 is 0 Å². The van der Waals surface area contributed by atoms with Crippen LogP contribution in [-0.2, 0) is 9.53 Å². The molecule has 1 aliphatic heterocycles. The Morgan fingerprint density at radius 3 is 2.48 bits per heavy atom. The molecule has 1 atom stereocenters. The second kappa shape index (κ2) is 8.17. The van der Waals surface area contributed by atoms with Crippen molar-refractivity contribution in [3.8, 4) is 0 Å². The third kappa shape index (κ3) is 4.84. The number of benzene rings is 1. The van der Waals surface area contributed by atoms with Gasteiger partial charge in [-0.05, 0) is 38.1 Å². The largest absolute Gasteiger partial charge is 0.450 e. The summed E-state index contributed by atoms with van der Waals surface area (Å²) in [7, 11) is 0. The number of nitrogens with one attached hydrogen (secondary N) is 2. The van der Waals surface area contributed by atoms with E-state index < -0.39 is 0 Å². The van der Waals surface area contributed by atoms with E-state index in [1.807, 2.05) is 6.92 Å². The van der Waals surface area contributed by atoms with Gasteiger partial charge in [0.05, 0.1) is 32.8 Å². The van der Waals surface area contributed by atoms with Crippen molar-refractivity contribution in [3.05, 3.63) is 29.3 Å². The quantitative estimate of drug-likeness (QED) is 0.860. The van der Waals surface area contributed by atoms with E-state index in [1.54, 1.807) is 36.1 Å². The normalized spacial score (nSPS) is 16.7. The second-order valence-electron chi connectivity index (χ2n) is 5.56. The van der Waals surface area contributed by atoms with E-state index in [9.17, 15) is 9.59 Å². The zero-order valence-electron chi connectivity index (χ0n) is 13.5. The van der Waals surface area contributed by atoms with Gasteiger partial charge in [0.15, 0.2) is 6.04 Å². The van der Waals surface area contributed by atoms with Gasteiger partial charge in [-0.3, -0.25) is 9.69 Å². The number of nitrogens with zero attached hydrogens (tertiary/aromatic N) is 1. The zero-order chi connectivity index (χ0) is 16.8. The van der Waals surface area contributed by atoms with Gasteiger partial charge < -0.3 is 15.0 Å². The van der Waals surface area contributed by atoms with Crippen LogP contribution in [0.4, 0.5) is 10.5 Å². The van der Waals surface area contributed by atoms with E-state index in [-0.39, 0.29) is 18.0 Å². The highest BCUT2D eigenvalue weighted by atomic mass is 35.5. The van der Waals surface area contributed by atoms with Crippen LogP contribution in [0.1, 0.15) is 13.8 Å². The van der Waals surface area contributed by atoms with Crippen molar-refractivity contribution in [1.82, 2.24) is 4.90 Å². The van der Waals surface area contributed by atoms with Gasteiger partial charge in [-0.1, -0.05) is 11.6 Å². The van der Waals surface area contributed by atoms with Gasteiger partial charge in [-0.25, -0.2) is 4.79 Å². The third-order valence-corrected chi connectivity index (χ3v) is 4.30. The van der Waals surface area contributed by atoms with E-state index in [0.717, 1.165) is 23.7 Å². The highest BCUT2D eigenvalue weighted by Crippen LogP contribution is 2.13. The van der Waals surface area contributed by atoms with Gasteiger partial charge in [0.2, 0.25) is 0 Å². The third-order valence-electron chi connectivity index (χ3n) is 4.05. The molecule has 1 aliphatic rings. The number of carbonyl (C=O) groups excluding carboxylic acids is 2. The summed E-state index contributed by atoms with van der Waals surface area (Å²) in [6.07, 6.45) is -0.273. The molecule has 1 fully saturated rings. The maximum atomic E-state index is 12.3. The summed E-state index contributed by atoms with van der Waals surface area (Å²) < 4.78 is 5.00. The molecular weight excluding hydrogens is 318 g/mol. The molecule has 0 spiro atoms. The molecule has 126 valence electrons. The van der Waals surface area contributed by atoms with Crippen LogP contribution in [0.3, 0.4) is 0 Å². The first kappa shape index (κ1) is 17.6. The average molecular weight is 341 g/mol. The van der Waals surface area contributed by atoms with Gasteiger partial charge in [0.1, 0.15) is 0 Å². The Bertz CT molecular complexity index is 542. The lowest BCUT2D eigenvalue weighted by Crippen LogP contribution is -3.19. The van der Waals surface area contributed by atoms with Crippen molar-refractivity contribution in [2.45, 2.75) is 19.9 Å². The van der Waals surface area contributed by atoms with Crippen molar-refractivity contribution in [2.24, 2.45) is 0 Å². The summed E-state index contributed by atoms with van der Waals surface area (Å²) in [5.74, 6) is -0.0353. The number of hydrogen-bond donors (Lipinski definition) is 2. The molecule has 1 heterocycles. The highest BCUT2D eigenvalue weighted by molar-refractivity contribution is 6.30. The van der Waals surface area contributed by atoms with Crippen LogP contribution in [0.25, 0.3) is 0 Å². The van der Waals surface area contributed by atoms with Crippen molar-refractivity contribution >= 4 is 29.3 Å². The Balaban J connectivity index is 1.84. The van der Waals surface area contributed by atoms with E-state index in [1.165, 1.54) is 0 Å². The molecule has 2 rings (SSSR count). The first-order chi connectivity index (χ1) is 11.0. The average Bonchev–Trinajstić information content (AvgIpc) is 2.56. The van der Waals surface area contributed by atoms with Crippen molar-refractivity contribution in [1.29, 1.82) is 0 Å². The van der Waals surface area contributed by atoms with Gasteiger partial charge >= 0.3 is 6.09 Å². The molecule has 1 aromatic carbocycles. The number of anilines is 1. The first-order valence-corrected chi connectivity index (χ1v) is 8.21. The molecule has 0 unspecified atom stereocenters. The lowest BCUT2D eigenvalue weighted by molar-refractivity contribution is -0.917. The molecule has 2 N–H and O–H groups in total. The minimum atomic E-state index is -0.273. The molecule has 1 saturated heterocycles. The lowest BCUT2D eigenvalue weighted by atomic mass is 10.2. The molecule has 6 nitrogen and oxygen atoms in total. The van der Waals surface area contributed by atoms with Crippen LogP contribution in [0.2, 0.25) is 5.02 Å². The SMILES string of the molecule is CCOC(=O)N1CC[NH+]([C@H](C)C(=O)Nc2ccc(Cl)cc2)CC1. The standard InChI is InChI=1S/C16H22ClN3O3/c1-3-23-16(22)20-10-8-19(9-11-20)12(2)15(21)18-14-6-4-13(17)5-7-14/h4-7,12H,3,8-11H2,1-2H3,(H,18,21)/p+1/t12-/m1/s1. The maximum absolute atomic E-state index is 12.3. The summed E-state index contributed by atoms with van der Waals surface area (Å²) in [4.78, 5) is 26.9. The minimum absolute atomic E-state index is 0.0353. The van der Waals surface area contributed by atoms with Gasteiger partial charge in [-0.15, -0.1) is 0 Å². The smallest absolute Gasteiger partial charge is 0.410 e. The first-order valence-electron chi connectivity index (χ1n) is 7.84. The number of hydrogen-bond acceptors (Lipinski definition) is 3. The van der Waals surface area contributed by atoms with Crippen LogP contribution in [0, 0.1) is 0 Å². The summed E-state index contributed by atoms with van der Waals surface area (Å²) in [6, 6.07) is 6.86. The fourth-order valence-electron chi connectivity index (χ4n) is 2.59. The van der Waals surface area contributed by atoms with Crippen molar-refractivity contribution < 1.29 is 19.2 Å². The lowest BCUT2D eigenvalue weighted by Gasteiger charge is -2.34. The Kier molecular flexibility index (Phi) is 6.24. The predicted octanol–water partition coefficient (Wildman–Crippen LogP) is 1.02. The fourth-order valence-corrected chi connectivity index (χ4v) is 2.72. The number of ether oxygens (including phenoxy) is 1. The van der Waals surface area contributed by atoms with Crippen LogP contribution in [0.5, 0.6) is 0 Å². The Labute approximate surface area is 141 Å². The van der Waals surface area contributed by atoms with Crippen molar-refractivity contribution in [2.75, 3.05) is 38.1 Å². The van der Waals surface area contributed by atoms with Gasteiger partial charge in [0, 0.05) is 10.7 Å². The van der Waals surface area contributed by atoms with E-state index in [0.29, 0.717) is 24.7 Å². The van der Waals surface area contributed by atoms with Crippen LogP contribution < -0.4 is 10.2 Å². The second-order valence-corrected chi connectivity index (χ2v) is 6.00. The number of piperazine rings is 1. The molecule has 7 heteroatoms. The maximum Gasteiger partial charge on any atom is 0.410 e. The molecule has 23 heavy (non-hydrogen) atoms. The molecule has 0 aromatic heterocycles. The van der Waals surface area contributed by atoms with Gasteiger partial charge in [0.25, 0.3) is 5.91 Å². The fraction of sp³-hybridized carbons (Fsp3) is 0.500. The van der Waals surface area contributed by atoms with Crippen LogP contribution in [-0.4, -0.2) is 55.7 Å². The van der Waals surface area contributed by atoms with Crippen molar-refractivity contribution in [3.63, 3.8) is 0 Å². The number of rotatable bonds is 4. The van der Waals surface area contributed by atoms with E-state index in [4.69, 9.17) is 16.3 Å². The highest BCUT2D eigenvalue weighted by Gasteiger charge is 2.31. The molecule has 2 amide bonds. The summed E-state index contributed by atoms with van der Waals surface area (Å²) in [6.45, 7) is 6.75. The summed E-state index contributed by atoms with van der Waals surface area (Å²) in [5.41, 5.74) is 0.732. The number of quaternary nitrogens is 1. The molecule has 0 aliphatic carbocycles. The Morgan fingerprint density at radius 2 is 1.91 bits per heavy atom. The molecular formula is C16H23ClN3O3+. The Hall–Kier alpha value is -1.79. The number of amides is 2. The molecule has 0 bridgehead atoms.